The van der Waals surface area contributed by atoms with Crippen molar-refractivity contribution >= 4 is 77.7 Å². The molecule has 0 spiro atoms. The molecule has 118 heavy (non-hydrogen) atoms. The molecule has 2 aliphatic rings. The Kier molecular flexibility index (Phi) is 7.95. The van der Waals surface area contributed by atoms with Crippen molar-refractivity contribution in [3.05, 3.63) is 458 Å². The van der Waals surface area contributed by atoms with Crippen LogP contribution in [0.1, 0.15) is 132 Å². The van der Waals surface area contributed by atoms with Crippen molar-refractivity contribution in [1.29, 1.82) is 0 Å². The second-order valence-electron chi connectivity index (χ2n) is 27.2. The largest absolute Gasteiger partial charge is 0.310 e. The van der Waals surface area contributed by atoms with Crippen molar-refractivity contribution in [1.82, 2.24) is 9.13 Å². The number of nitrogens with zero attached hydrogens (tertiary/aromatic N) is 4. The van der Waals surface area contributed by atoms with Gasteiger partial charge in [0.15, 0.2) is 0 Å². The summed E-state index contributed by atoms with van der Waals surface area (Å²) in [7, 11) is 0. The van der Waals surface area contributed by atoms with Crippen LogP contribution in [0.4, 0.5) is 34.1 Å². The van der Waals surface area contributed by atoms with E-state index in [0.29, 0.717) is 19.8 Å². The van der Waals surface area contributed by atoms with Crippen molar-refractivity contribution in [2.45, 2.75) is 38.4 Å². The molecule has 0 radical (unpaired) electrons. The normalized spacial score (nSPS) is 21.7. The fourth-order valence-corrected chi connectivity index (χ4v) is 14.8. The average Bonchev–Trinajstić information content (AvgIpc) is 1.54. The zero-order chi connectivity index (χ0) is 131. The number of anilines is 6. The third-order valence-corrected chi connectivity index (χ3v) is 20.3. The van der Waals surface area contributed by atoms with E-state index in [1.807, 2.05) is 83.4 Å². The summed E-state index contributed by atoms with van der Waals surface area (Å²) in [5, 5.41) is -0.0614. The van der Waals surface area contributed by atoms with Gasteiger partial charge in [-0.25, -0.2) is 0 Å². The highest BCUT2D eigenvalue weighted by Crippen LogP contribution is 2.54. The first-order chi connectivity index (χ1) is 83.0. The molecule has 0 bridgehead atoms. The summed E-state index contributed by atoms with van der Waals surface area (Å²) in [5.41, 5.74) is -20.5. The van der Waals surface area contributed by atoms with Crippen LogP contribution in [-0.4, -0.2) is 9.13 Å². The summed E-state index contributed by atoms with van der Waals surface area (Å²) in [5.74, 6) is 0. The fourth-order valence-electron chi connectivity index (χ4n) is 14.8. The van der Waals surface area contributed by atoms with Crippen molar-refractivity contribution < 1.29 is 82.2 Å². The number of hydrogen-bond acceptors (Lipinski definition) is 2. The van der Waals surface area contributed by atoms with E-state index in [4.69, 9.17) is 48.0 Å². The molecule has 4 nitrogen and oxygen atoms in total. The molecule has 18 aromatic carbocycles. The van der Waals surface area contributed by atoms with Crippen molar-refractivity contribution in [2.24, 2.45) is 0 Å². The molecular formula is C114H84N4. The van der Waals surface area contributed by atoms with Crippen LogP contribution in [0.15, 0.2) is 435 Å². The van der Waals surface area contributed by atoms with Gasteiger partial charge in [0, 0.05) is 85.9 Å². The maximum atomic E-state index is 9.96. The lowest BCUT2D eigenvalue weighted by atomic mass is 9.82. The zero-order valence-electron chi connectivity index (χ0n) is 121. The Hall–Kier alpha value is -14.8. The van der Waals surface area contributed by atoms with Gasteiger partial charge in [-0.15, -0.1) is 0 Å². The summed E-state index contributed by atoms with van der Waals surface area (Å²) in [4.78, 5) is 1.07. The van der Waals surface area contributed by atoms with Gasteiger partial charge in [0.1, 0.15) is 0 Å². The Morgan fingerprint density at radius 1 is 0.237 bits per heavy atom. The van der Waals surface area contributed by atoms with E-state index in [2.05, 4.69) is 0 Å². The molecule has 20 aromatic rings. The third kappa shape index (κ3) is 12.3. The monoisotopic (exact) mass is 1570 g/mol. The second-order valence-corrected chi connectivity index (χ2v) is 27.2. The minimum absolute atomic E-state index is 0.208. The Labute approximate surface area is 774 Å². The Morgan fingerprint density at radius 2 is 0.644 bits per heavy atom. The number of para-hydroxylation sites is 4. The molecule has 0 amide bonds. The van der Waals surface area contributed by atoms with E-state index in [1.54, 1.807) is 18.2 Å². The van der Waals surface area contributed by atoms with Gasteiger partial charge >= 0.3 is 0 Å². The Balaban J connectivity index is 0.000000203. The SMILES string of the molecule is [2H]c1c(N(c2c([2H])c([2H])c(-c3c([2H])c([2H])c4c(c3[2H])c3c([2H])c([2H])c([2H])c([2H])c3n4-c3c([2H])c([2H])c(-c4c([2H])c([2H])c([2H])c([2H])c4[2H])c([2H])c3[2H])c([2H])c2[2H])c2c([2H])c([2H])c([2H])c([2H])c2-c2c([2H])c([2H])c([2H])c([2H])c2[2H])cc2c(c1[2H])-c1c([2H])c([2H])c([2H])c([2H])c1C2(C)C([2H])([2H])[2H].[2H]c1c(N(c2c([2H])c([2H])c(-c3ccc4c(c3)c3ccccc3n4-c3ccc(-c4ccccc4)cc3)c([2H])c2[2H])c2c([2H])c([2H])c([2H])c([2H])c2-c2c([2H])c([2H])c([2H])c([2H])c2[2H])cc2c(c1[2H])-c1c([2H])c([2H])c([2H])c([2H])c1C2(C)C([2H])([2H])[2H]. The van der Waals surface area contributed by atoms with Crippen LogP contribution in [0.2, 0.25) is 0 Å². The number of aromatic nitrogens is 2. The highest BCUT2D eigenvalue weighted by atomic mass is 15.2. The fraction of sp³-hybridized carbons (Fsp3) is 0.0526. The third-order valence-electron chi connectivity index (χ3n) is 20.3. The minimum Gasteiger partial charge on any atom is -0.310 e. The van der Waals surface area contributed by atoms with Crippen LogP contribution in [0.25, 0.3) is 144 Å². The lowest BCUT2D eigenvalue weighted by Gasteiger charge is -2.30. The number of rotatable bonds is 14. The van der Waals surface area contributed by atoms with Gasteiger partial charge in [0.25, 0.3) is 0 Å². The molecule has 2 heterocycles. The van der Waals surface area contributed by atoms with Crippen LogP contribution >= 0.6 is 0 Å². The zero-order valence-corrected chi connectivity index (χ0v) is 61.2. The van der Waals surface area contributed by atoms with Crippen molar-refractivity contribution in [3.63, 3.8) is 0 Å². The maximum absolute atomic E-state index is 9.96. The van der Waals surface area contributed by atoms with Gasteiger partial charge in [-0.2, -0.15) is 0 Å². The summed E-state index contributed by atoms with van der Waals surface area (Å²) in [6, 6.07) is -22.6. The van der Waals surface area contributed by atoms with E-state index < -0.39 is 501 Å². The van der Waals surface area contributed by atoms with E-state index in [0.717, 1.165) is 59.2 Å². The predicted molar refractivity (Wildman–Crippen MR) is 499 cm³/mol. The predicted octanol–water partition coefficient (Wildman–Crippen LogP) is 31.1. The van der Waals surface area contributed by atoms with Gasteiger partial charge in [-0.3, -0.25) is 0 Å². The standard InChI is InChI=1S/2C57H42N2/c2*1-57(2)52-22-12-9-20-48(52)49-35-34-46(38-53(49)57)58(54-23-13-10-19-47(54)42-17-7-4-8-18-42)44-30-27-41(28-31-44)43-29-36-56-51(37-43)50-21-11-14-24-55(50)59(56)45-32-25-40(26-33-45)39-15-5-3-6-16-39/h2*3-38H,1-2H3/i1D3,3D,4D,5D,6D,7D,8D,9D,10D,11D,12D,13D,14D,15D,16D,17D,18D,19D,20D,21D,22D,23D,24D,25D,26D,27D,28D,29D,30D,31D,32D,33D,34D,35D,36D,37D;1D3,4D,7D,8D,9D,10D,12D,13D,17D,18D,19D,20D,22D,23D,27D,28D,30D,31D,34D,35D. The summed E-state index contributed by atoms with van der Waals surface area (Å²) >= 11 is 0. The topological polar surface area (TPSA) is 16.3 Å². The smallest absolute Gasteiger partial charge is 0.0645 e. The summed E-state index contributed by atoms with van der Waals surface area (Å²) in [6.07, 6.45) is 0. The van der Waals surface area contributed by atoms with E-state index in [-0.39, 0.29) is 11.1 Å². The number of benzene rings is 18. The molecule has 2 unspecified atom stereocenters. The first kappa shape index (κ1) is 32.1. The molecule has 0 N–H and O–H groups in total. The van der Waals surface area contributed by atoms with Crippen LogP contribution in [0, 0.1) is 0 Å². The van der Waals surface area contributed by atoms with Gasteiger partial charge < -0.3 is 18.9 Å². The van der Waals surface area contributed by atoms with Crippen LogP contribution in [0.3, 0.4) is 0 Å². The Bertz CT molecular complexity index is 10800. The molecule has 0 fully saturated rings. The maximum Gasteiger partial charge on any atom is 0.0645 e. The van der Waals surface area contributed by atoms with Crippen LogP contribution < -0.4 is 9.80 Å². The first-order valence-electron chi connectivity index (χ1n) is 66.1. The minimum atomic E-state index is -3.38. The lowest BCUT2D eigenvalue weighted by Crippen LogP contribution is -2.16. The molecule has 0 aliphatic heterocycles. The highest BCUT2D eigenvalue weighted by molar-refractivity contribution is 6.12. The van der Waals surface area contributed by atoms with E-state index >= 15 is 0 Å². The molecule has 560 valence electrons. The van der Waals surface area contributed by atoms with Crippen molar-refractivity contribution in [2.75, 3.05) is 9.80 Å². The lowest BCUT2D eigenvalue weighted by molar-refractivity contribution is 0.660. The molecule has 2 aliphatic carbocycles. The molecular weight excluding hydrogens is 1430 g/mol. The Morgan fingerprint density at radius 3 is 1.22 bits per heavy atom. The quantitative estimate of drug-likeness (QED) is 0.108. The highest BCUT2D eigenvalue weighted by Gasteiger charge is 2.38. The van der Waals surface area contributed by atoms with Gasteiger partial charge in [-0.1, -0.05) is 342 Å². The molecule has 0 saturated heterocycles. The van der Waals surface area contributed by atoms with Crippen LogP contribution in [0.5, 0.6) is 0 Å². The van der Waals surface area contributed by atoms with E-state index in [9.17, 15) is 34.3 Å². The molecule has 2 aromatic heterocycles. The van der Waals surface area contributed by atoms with Gasteiger partial charge in [0.05, 0.1) is 107 Å². The average molecular weight is 1570 g/mol. The molecule has 0 saturated carbocycles. The first-order valence-corrected chi connectivity index (χ1v) is 36.1. The summed E-state index contributed by atoms with van der Waals surface area (Å²) < 4.78 is 550. The summed E-state index contributed by atoms with van der Waals surface area (Å²) in [6.45, 7) is -4.43. The molecule has 22 rings (SSSR count). The second kappa shape index (κ2) is 29.2. The van der Waals surface area contributed by atoms with Crippen molar-refractivity contribution in [3.8, 4) is 100 Å². The number of hydrogen-bond donors (Lipinski definition) is 0. The van der Waals surface area contributed by atoms with Gasteiger partial charge in [-0.05, 0) is 221 Å². The van der Waals surface area contributed by atoms with Gasteiger partial charge in [0.2, 0.25) is 0 Å². The number of fused-ring (bicyclic) bond motifs is 12. The van der Waals surface area contributed by atoms with E-state index in [1.165, 1.54) is 0 Å². The van der Waals surface area contributed by atoms with Crippen LogP contribution in [-0.2, 0) is 10.8 Å². The molecule has 4 heteroatoms. The molecule has 2 atom stereocenters.